The number of hydrogen-bond acceptors (Lipinski definition) is 5. The quantitative estimate of drug-likeness (QED) is 0.531. The largest absolute Gasteiger partial charge is 0.347 e. The number of benzene rings is 1. The zero-order chi connectivity index (χ0) is 20.1. The summed E-state index contributed by atoms with van der Waals surface area (Å²) in [4.78, 5) is 30.5. The minimum atomic E-state index is -4.36. The molecular formula is C20H17N3O4S. The van der Waals surface area contributed by atoms with Crippen molar-refractivity contribution in [1.82, 2.24) is 13.5 Å². The van der Waals surface area contributed by atoms with E-state index in [2.05, 4.69) is 4.98 Å². The molecule has 28 heavy (non-hydrogen) atoms. The maximum Gasteiger partial charge on any atom is 0.347 e. The molecule has 2 heterocycles. The fourth-order valence-corrected chi connectivity index (χ4v) is 4.55. The van der Waals surface area contributed by atoms with Gasteiger partial charge in [-0.3, -0.25) is 9.36 Å². The molecule has 1 aliphatic carbocycles. The van der Waals surface area contributed by atoms with Crippen LogP contribution in [0.5, 0.6) is 0 Å². The van der Waals surface area contributed by atoms with Crippen LogP contribution in [0.25, 0.3) is 22.3 Å². The highest BCUT2D eigenvalue weighted by Gasteiger charge is 2.28. The molecule has 0 spiro atoms. The Kier molecular flexibility index (Phi) is 4.15. The summed E-state index contributed by atoms with van der Waals surface area (Å²) < 4.78 is 27.9. The van der Waals surface area contributed by atoms with Gasteiger partial charge in [-0.25, -0.2) is 18.2 Å². The van der Waals surface area contributed by atoms with Gasteiger partial charge >= 0.3 is 5.69 Å². The molecule has 0 fully saturated rings. The van der Waals surface area contributed by atoms with Crippen molar-refractivity contribution in [1.29, 1.82) is 0 Å². The molecule has 1 aromatic heterocycles. The van der Waals surface area contributed by atoms with E-state index in [0.29, 0.717) is 15.2 Å². The van der Waals surface area contributed by atoms with Crippen molar-refractivity contribution in [3.63, 3.8) is 0 Å². The van der Waals surface area contributed by atoms with E-state index in [4.69, 9.17) is 0 Å². The van der Waals surface area contributed by atoms with Crippen LogP contribution in [0.15, 0.2) is 69.1 Å². The Morgan fingerprint density at radius 3 is 2.32 bits per heavy atom. The molecule has 0 N–H and O–H groups in total. The maximum atomic E-state index is 13.2. The molecule has 2 aromatic rings. The van der Waals surface area contributed by atoms with E-state index in [1.54, 1.807) is 49.4 Å². The second-order valence-corrected chi connectivity index (χ2v) is 8.22. The van der Waals surface area contributed by atoms with Crippen LogP contribution in [0.3, 0.4) is 0 Å². The van der Waals surface area contributed by atoms with Crippen LogP contribution in [-0.2, 0) is 16.6 Å². The van der Waals surface area contributed by atoms with Gasteiger partial charge in [0.1, 0.15) is 0 Å². The van der Waals surface area contributed by atoms with E-state index in [0.717, 1.165) is 5.56 Å². The maximum absolute atomic E-state index is 13.2. The summed E-state index contributed by atoms with van der Waals surface area (Å²) in [6.45, 7) is 3.70. The lowest BCUT2D eigenvalue weighted by atomic mass is 10.2. The Morgan fingerprint density at radius 1 is 0.964 bits per heavy atom. The molecule has 7 nitrogen and oxygen atoms in total. The van der Waals surface area contributed by atoms with Crippen LogP contribution in [0.1, 0.15) is 12.5 Å². The molecule has 0 saturated carbocycles. The lowest BCUT2D eigenvalue weighted by molar-refractivity contribution is 0.576. The summed E-state index contributed by atoms with van der Waals surface area (Å²) in [6.07, 6.45) is 0. The third-order valence-corrected chi connectivity index (χ3v) is 6.34. The van der Waals surface area contributed by atoms with Crippen LogP contribution in [0, 0.1) is 6.92 Å². The van der Waals surface area contributed by atoms with Crippen molar-refractivity contribution >= 4 is 21.1 Å². The molecular weight excluding hydrogens is 378 g/mol. The molecule has 142 valence electrons. The van der Waals surface area contributed by atoms with Gasteiger partial charge in [0.2, 0.25) is 0 Å². The number of aromatic nitrogens is 3. The van der Waals surface area contributed by atoms with Crippen LogP contribution >= 0.6 is 0 Å². The van der Waals surface area contributed by atoms with Crippen LogP contribution in [0.4, 0.5) is 0 Å². The number of nitrogens with zero attached hydrogens (tertiary/aromatic N) is 3. The van der Waals surface area contributed by atoms with Gasteiger partial charge in [0.15, 0.2) is 5.65 Å². The van der Waals surface area contributed by atoms with E-state index in [9.17, 15) is 18.0 Å². The van der Waals surface area contributed by atoms with Crippen molar-refractivity contribution in [2.75, 3.05) is 0 Å². The monoisotopic (exact) mass is 395 g/mol. The number of hydrogen-bond donors (Lipinski definition) is 0. The van der Waals surface area contributed by atoms with E-state index in [-0.39, 0.29) is 22.5 Å². The second kappa shape index (κ2) is 6.42. The average molecular weight is 395 g/mol. The normalized spacial score (nSPS) is 11.9. The fourth-order valence-electron chi connectivity index (χ4n) is 3.24. The molecule has 0 saturated heterocycles. The van der Waals surface area contributed by atoms with Gasteiger partial charge in [0.05, 0.1) is 16.0 Å². The summed E-state index contributed by atoms with van der Waals surface area (Å²) in [5, 5.41) is 0.114. The number of aryl methyl sites for hydroxylation is 2. The molecule has 0 unspecified atom stereocenters. The van der Waals surface area contributed by atoms with Gasteiger partial charge in [-0.05, 0) is 32.0 Å². The third-order valence-electron chi connectivity index (χ3n) is 4.67. The van der Waals surface area contributed by atoms with Gasteiger partial charge in [0.25, 0.3) is 15.6 Å². The topological polar surface area (TPSA) is 91.0 Å². The molecule has 0 radical (unpaired) electrons. The highest BCUT2D eigenvalue weighted by Crippen LogP contribution is 2.27. The van der Waals surface area contributed by atoms with Gasteiger partial charge in [-0.15, -0.1) is 3.97 Å². The number of rotatable bonds is 3. The van der Waals surface area contributed by atoms with Crippen molar-refractivity contribution in [3.05, 3.63) is 81.0 Å². The first kappa shape index (κ1) is 18.1. The Hall–Kier alpha value is -3.26. The SMILES string of the molecule is CCn1c(=O)n(S(=O)(=O)c2ccc(C)cc2)c(=O)c2c3cccccc-3nc21. The third kappa shape index (κ3) is 2.56. The average Bonchev–Trinajstić information content (AvgIpc) is 2.85. The van der Waals surface area contributed by atoms with E-state index < -0.39 is 21.3 Å². The van der Waals surface area contributed by atoms with Crippen LogP contribution in [0.2, 0.25) is 0 Å². The van der Waals surface area contributed by atoms with Crippen molar-refractivity contribution in [2.45, 2.75) is 25.3 Å². The van der Waals surface area contributed by atoms with Crippen LogP contribution < -0.4 is 11.2 Å². The molecule has 1 aromatic carbocycles. The molecule has 0 atom stereocenters. The van der Waals surface area contributed by atoms with Crippen LogP contribution in [-0.4, -0.2) is 21.9 Å². The smallest absolute Gasteiger partial charge is 0.277 e. The standard InChI is InChI=1S/C20H17N3O4S/c1-3-22-18-17(15-7-5-4-6-8-16(15)21-18)19(24)23(20(22)25)28(26,27)14-11-9-13(2)10-12-14/h4-12H,3H2,1-2H3. The summed E-state index contributed by atoms with van der Waals surface area (Å²) in [7, 11) is -4.36. The first-order valence-corrected chi connectivity index (χ1v) is 10.2. The first-order chi connectivity index (χ1) is 13.4. The first-order valence-electron chi connectivity index (χ1n) is 8.73. The lowest BCUT2D eigenvalue weighted by Crippen LogP contribution is -2.43. The minimum absolute atomic E-state index is 0.114. The van der Waals surface area contributed by atoms with Gasteiger partial charge in [0, 0.05) is 12.1 Å². The van der Waals surface area contributed by atoms with Crippen molar-refractivity contribution in [2.24, 2.45) is 0 Å². The summed E-state index contributed by atoms with van der Waals surface area (Å²) in [5.41, 5.74) is 0.261. The van der Waals surface area contributed by atoms with Gasteiger partial charge in [-0.2, -0.15) is 0 Å². The molecule has 0 bridgehead atoms. The van der Waals surface area contributed by atoms with E-state index >= 15 is 0 Å². The summed E-state index contributed by atoms with van der Waals surface area (Å²) in [6, 6.07) is 14.7. The summed E-state index contributed by atoms with van der Waals surface area (Å²) in [5.74, 6) is 0. The van der Waals surface area contributed by atoms with Gasteiger partial charge in [-0.1, -0.05) is 42.0 Å². The fraction of sp³-hybridized carbons (Fsp3) is 0.150. The van der Waals surface area contributed by atoms with Gasteiger partial charge < -0.3 is 0 Å². The zero-order valence-electron chi connectivity index (χ0n) is 15.3. The molecule has 8 heteroatoms. The zero-order valence-corrected chi connectivity index (χ0v) is 16.1. The predicted octanol–water partition coefficient (Wildman–Crippen LogP) is 2.23. The highest BCUT2D eigenvalue weighted by molar-refractivity contribution is 7.90. The Morgan fingerprint density at radius 2 is 1.64 bits per heavy atom. The van der Waals surface area contributed by atoms with Crippen molar-refractivity contribution < 1.29 is 8.42 Å². The second-order valence-electron chi connectivity index (χ2n) is 6.43. The number of fused-ring (bicyclic) bond motifs is 3. The molecule has 1 aliphatic heterocycles. The minimum Gasteiger partial charge on any atom is -0.277 e. The molecule has 0 amide bonds. The predicted molar refractivity (Wildman–Crippen MR) is 106 cm³/mol. The lowest BCUT2D eigenvalue weighted by Gasteiger charge is -2.11. The Balaban J connectivity index is 2.17. The Labute approximate surface area is 160 Å². The highest BCUT2D eigenvalue weighted by atomic mass is 32.2. The van der Waals surface area contributed by atoms with E-state index in [1.165, 1.54) is 16.7 Å². The summed E-state index contributed by atoms with van der Waals surface area (Å²) >= 11 is 0. The Bertz CT molecular complexity index is 1400. The van der Waals surface area contributed by atoms with Crippen molar-refractivity contribution in [3.8, 4) is 11.3 Å². The molecule has 4 rings (SSSR count). The van der Waals surface area contributed by atoms with E-state index in [1.807, 2.05) is 6.92 Å². The molecule has 2 aliphatic rings.